The molecule has 3 aromatic rings. The van der Waals surface area contributed by atoms with Gasteiger partial charge in [-0.2, -0.15) is 0 Å². The molecule has 0 unspecified atom stereocenters. The standard InChI is InChI=1S/C27H31N3O/c1-28(20-23-9-4-2-5-10-23)27(31)26-14-8-13-25(19-26)22-30-17-15-29(16-18-30)21-24-11-6-3-7-12-24/h2-14,19H,15-18,20-22H2,1H3. The van der Waals surface area contributed by atoms with Gasteiger partial charge in [-0.15, -0.1) is 0 Å². The maximum absolute atomic E-state index is 12.9. The summed E-state index contributed by atoms with van der Waals surface area (Å²) in [5.41, 5.74) is 4.48. The van der Waals surface area contributed by atoms with Crippen molar-refractivity contribution in [3.63, 3.8) is 0 Å². The third kappa shape index (κ3) is 6.03. The average Bonchev–Trinajstić information content (AvgIpc) is 2.81. The first-order valence-electron chi connectivity index (χ1n) is 11.0. The van der Waals surface area contributed by atoms with Gasteiger partial charge in [-0.1, -0.05) is 72.8 Å². The summed E-state index contributed by atoms with van der Waals surface area (Å²) in [5, 5.41) is 0. The van der Waals surface area contributed by atoms with E-state index >= 15 is 0 Å². The van der Waals surface area contributed by atoms with E-state index in [1.165, 1.54) is 11.1 Å². The molecule has 0 saturated carbocycles. The van der Waals surface area contributed by atoms with E-state index in [0.717, 1.165) is 50.4 Å². The third-order valence-electron chi connectivity index (χ3n) is 5.90. The summed E-state index contributed by atoms with van der Waals surface area (Å²) in [5.74, 6) is 0.0679. The Morgan fingerprint density at radius 3 is 1.84 bits per heavy atom. The van der Waals surface area contributed by atoms with Gasteiger partial charge >= 0.3 is 0 Å². The summed E-state index contributed by atoms with van der Waals surface area (Å²) >= 11 is 0. The van der Waals surface area contributed by atoms with Crippen molar-refractivity contribution in [1.29, 1.82) is 0 Å². The van der Waals surface area contributed by atoms with Gasteiger partial charge < -0.3 is 4.90 Å². The number of piperazine rings is 1. The van der Waals surface area contributed by atoms with Crippen molar-refractivity contribution in [3.05, 3.63) is 107 Å². The van der Waals surface area contributed by atoms with Crippen LogP contribution >= 0.6 is 0 Å². The SMILES string of the molecule is CN(Cc1ccccc1)C(=O)c1cccc(CN2CCN(Cc3ccccc3)CC2)c1. The Labute approximate surface area is 185 Å². The fourth-order valence-corrected chi connectivity index (χ4v) is 4.16. The van der Waals surface area contributed by atoms with E-state index in [4.69, 9.17) is 0 Å². The van der Waals surface area contributed by atoms with E-state index in [1.807, 2.05) is 37.4 Å². The molecule has 1 aliphatic heterocycles. The molecule has 0 N–H and O–H groups in total. The highest BCUT2D eigenvalue weighted by Gasteiger charge is 2.18. The van der Waals surface area contributed by atoms with E-state index < -0.39 is 0 Å². The third-order valence-corrected chi connectivity index (χ3v) is 5.90. The summed E-state index contributed by atoms with van der Waals surface area (Å²) in [7, 11) is 1.87. The van der Waals surface area contributed by atoms with Crippen molar-refractivity contribution in [3.8, 4) is 0 Å². The van der Waals surface area contributed by atoms with Gasteiger partial charge in [-0.25, -0.2) is 0 Å². The largest absolute Gasteiger partial charge is 0.337 e. The molecule has 0 radical (unpaired) electrons. The fraction of sp³-hybridized carbons (Fsp3) is 0.296. The van der Waals surface area contributed by atoms with Crippen LogP contribution in [0.15, 0.2) is 84.9 Å². The van der Waals surface area contributed by atoms with Crippen LogP contribution in [-0.2, 0) is 19.6 Å². The van der Waals surface area contributed by atoms with Crippen molar-refractivity contribution in [2.45, 2.75) is 19.6 Å². The highest BCUT2D eigenvalue weighted by molar-refractivity contribution is 5.94. The molecule has 1 aliphatic rings. The Morgan fingerprint density at radius 2 is 1.23 bits per heavy atom. The molecule has 4 heteroatoms. The molecule has 4 rings (SSSR count). The van der Waals surface area contributed by atoms with Crippen LogP contribution < -0.4 is 0 Å². The van der Waals surface area contributed by atoms with Crippen LogP contribution in [0.3, 0.4) is 0 Å². The van der Waals surface area contributed by atoms with Gasteiger partial charge in [-0.05, 0) is 28.8 Å². The first kappa shape index (κ1) is 21.3. The second-order valence-corrected chi connectivity index (χ2v) is 8.39. The normalized spacial score (nSPS) is 15.0. The predicted molar refractivity (Wildman–Crippen MR) is 126 cm³/mol. The van der Waals surface area contributed by atoms with Crippen LogP contribution in [-0.4, -0.2) is 53.8 Å². The van der Waals surface area contributed by atoms with Crippen LogP contribution in [0, 0.1) is 0 Å². The zero-order chi connectivity index (χ0) is 21.5. The Hall–Kier alpha value is -2.95. The Bertz CT molecular complexity index is 966. The molecule has 160 valence electrons. The zero-order valence-electron chi connectivity index (χ0n) is 18.3. The van der Waals surface area contributed by atoms with Crippen LogP contribution in [0.1, 0.15) is 27.0 Å². The molecule has 0 spiro atoms. The maximum atomic E-state index is 12.9. The monoisotopic (exact) mass is 413 g/mol. The van der Waals surface area contributed by atoms with Crippen molar-refractivity contribution in [2.75, 3.05) is 33.2 Å². The Balaban J connectivity index is 1.30. The summed E-state index contributed by atoms with van der Waals surface area (Å²) in [6.07, 6.45) is 0. The quantitative estimate of drug-likeness (QED) is 0.579. The molecule has 1 fully saturated rings. The van der Waals surface area contributed by atoms with E-state index in [1.54, 1.807) is 4.90 Å². The van der Waals surface area contributed by atoms with Gasteiger partial charge in [0.2, 0.25) is 0 Å². The predicted octanol–water partition coefficient (Wildman–Crippen LogP) is 4.28. The summed E-state index contributed by atoms with van der Waals surface area (Å²) in [4.78, 5) is 19.7. The highest BCUT2D eigenvalue weighted by atomic mass is 16.2. The maximum Gasteiger partial charge on any atom is 0.253 e. The van der Waals surface area contributed by atoms with Crippen molar-refractivity contribution >= 4 is 5.91 Å². The summed E-state index contributed by atoms with van der Waals surface area (Å²) in [6.45, 7) is 6.79. The highest BCUT2D eigenvalue weighted by Crippen LogP contribution is 2.15. The number of carbonyl (C=O) groups excluding carboxylic acids is 1. The molecule has 3 aromatic carbocycles. The summed E-state index contributed by atoms with van der Waals surface area (Å²) in [6, 6.07) is 28.9. The lowest BCUT2D eigenvalue weighted by molar-refractivity contribution is 0.0784. The lowest BCUT2D eigenvalue weighted by Crippen LogP contribution is -2.45. The van der Waals surface area contributed by atoms with Crippen molar-refractivity contribution in [2.24, 2.45) is 0 Å². The minimum atomic E-state index is 0.0679. The van der Waals surface area contributed by atoms with E-state index in [2.05, 4.69) is 64.4 Å². The molecular formula is C27H31N3O. The minimum absolute atomic E-state index is 0.0679. The number of amides is 1. The van der Waals surface area contributed by atoms with E-state index in [-0.39, 0.29) is 5.91 Å². The smallest absolute Gasteiger partial charge is 0.253 e. The zero-order valence-corrected chi connectivity index (χ0v) is 18.3. The van der Waals surface area contributed by atoms with Gasteiger partial charge in [0.15, 0.2) is 0 Å². The molecule has 0 bridgehead atoms. The van der Waals surface area contributed by atoms with Gasteiger partial charge in [-0.3, -0.25) is 14.6 Å². The molecule has 1 saturated heterocycles. The number of rotatable bonds is 7. The van der Waals surface area contributed by atoms with Crippen molar-refractivity contribution in [1.82, 2.24) is 14.7 Å². The molecule has 1 heterocycles. The average molecular weight is 414 g/mol. The van der Waals surface area contributed by atoms with Gasteiger partial charge in [0.1, 0.15) is 0 Å². The number of benzene rings is 3. The van der Waals surface area contributed by atoms with Gasteiger partial charge in [0.05, 0.1) is 0 Å². The van der Waals surface area contributed by atoms with Crippen LogP contribution in [0.25, 0.3) is 0 Å². The first-order chi connectivity index (χ1) is 15.2. The summed E-state index contributed by atoms with van der Waals surface area (Å²) < 4.78 is 0. The molecule has 0 aliphatic carbocycles. The molecule has 4 nitrogen and oxygen atoms in total. The van der Waals surface area contributed by atoms with Gasteiger partial charge in [0, 0.05) is 58.4 Å². The second kappa shape index (κ2) is 10.4. The topological polar surface area (TPSA) is 26.8 Å². The second-order valence-electron chi connectivity index (χ2n) is 8.39. The van der Waals surface area contributed by atoms with E-state index in [9.17, 15) is 4.79 Å². The fourth-order valence-electron chi connectivity index (χ4n) is 4.16. The van der Waals surface area contributed by atoms with Crippen LogP contribution in [0.4, 0.5) is 0 Å². The molecule has 0 atom stereocenters. The van der Waals surface area contributed by atoms with Crippen LogP contribution in [0.5, 0.6) is 0 Å². The molecule has 0 aromatic heterocycles. The molecular weight excluding hydrogens is 382 g/mol. The van der Waals surface area contributed by atoms with Gasteiger partial charge in [0.25, 0.3) is 5.91 Å². The first-order valence-corrected chi connectivity index (χ1v) is 11.0. The lowest BCUT2D eigenvalue weighted by Gasteiger charge is -2.34. The lowest BCUT2D eigenvalue weighted by atomic mass is 10.1. The minimum Gasteiger partial charge on any atom is -0.337 e. The number of hydrogen-bond acceptors (Lipinski definition) is 3. The van der Waals surface area contributed by atoms with E-state index in [0.29, 0.717) is 6.54 Å². The van der Waals surface area contributed by atoms with Crippen molar-refractivity contribution < 1.29 is 4.79 Å². The molecule has 31 heavy (non-hydrogen) atoms. The Morgan fingerprint density at radius 1 is 0.710 bits per heavy atom. The number of hydrogen-bond donors (Lipinski definition) is 0. The number of nitrogens with zero attached hydrogens (tertiary/aromatic N) is 3. The number of carbonyl (C=O) groups is 1. The Kier molecular flexibility index (Phi) is 7.13. The van der Waals surface area contributed by atoms with Crippen LogP contribution in [0.2, 0.25) is 0 Å². The molecule has 1 amide bonds.